The molecule has 0 aliphatic carbocycles. The first kappa shape index (κ1) is 12.2. The number of H-pyrrole nitrogens is 1. The van der Waals surface area contributed by atoms with Crippen molar-refractivity contribution in [3.05, 3.63) is 52.0 Å². The van der Waals surface area contributed by atoms with E-state index < -0.39 is 5.76 Å². The minimum atomic E-state index is -0.491. The molecule has 0 aliphatic rings. The fourth-order valence-corrected chi connectivity index (χ4v) is 2.88. The van der Waals surface area contributed by atoms with Crippen molar-refractivity contribution in [1.82, 2.24) is 4.98 Å². The summed E-state index contributed by atoms with van der Waals surface area (Å²) in [6, 6.07) is 10.9. The third-order valence-electron chi connectivity index (χ3n) is 2.61. The van der Waals surface area contributed by atoms with E-state index in [0.29, 0.717) is 21.8 Å². The molecule has 0 aliphatic heterocycles. The number of halogens is 1. The predicted octanol–water partition coefficient (Wildman–Crippen LogP) is 3.51. The smallest absolute Gasteiger partial charge is 0.408 e. The van der Waals surface area contributed by atoms with Gasteiger partial charge >= 0.3 is 5.76 Å². The molecule has 0 fully saturated rings. The number of oxazole rings is 1. The van der Waals surface area contributed by atoms with Gasteiger partial charge in [0, 0.05) is 21.5 Å². The van der Waals surface area contributed by atoms with Crippen molar-refractivity contribution in [3.63, 3.8) is 0 Å². The number of nitrogen functional groups attached to an aromatic ring is 1. The Kier molecular flexibility index (Phi) is 3.00. The quantitative estimate of drug-likeness (QED) is 0.709. The van der Waals surface area contributed by atoms with E-state index in [1.54, 1.807) is 12.1 Å². The first-order chi connectivity index (χ1) is 9.13. The van der Waals surface area contributed by atoms with Gasteiger partial charge in [-0.3, -0.25) is 4.98 Å². The van der Waals surface area contributed by atoms with Gasteiger partial charge in [0.15, 0.2) is 5.58 Å². The molecule has 0 amide bonds. The van der Waals surface area contributed by atoms with Crippen LogP contribution in [-0.2, 0) is 0 Å². The van der Waals surface area contributed by atoms with E-state index in [1.165, 1.54) is 11.8 Å². The van der Waals surface area contributed by atoms with Crippen LogP contribution >= 0.6 is 23.4 Å². The number of hydrogen-bond donors (Lipinski definition) is 2. The molecule has 1 heterocycles. The lowest BCUT2D eigenvalue weighted by atomic mass is 10.3. The number of nitrogens with one attached hydrogen (secondary N) is 1. The van der Waals surface area contributed by atoms with Gasteiger partial charge in [-0.05, 0) is 18.2 Å². The van der Waals surface area contributed by atoms with Gasteiger partial charge in [-0.15, -0.1) is 0 Å². The standard InChI is InChI=1S/C13H9ClN2O2S/c14-7-3-1-2-4-11(7)19-12-6-9-10(5-8(12)15)18-13(17)16-9/h1-6H,15H2,(H,16,17). The largest absolute Gasteiger partial charge is 0.417 e. The van der Waals surface area contributed by atoms with Gasteiger partial charge in [0.25, 0.3) is 0 Å². The fraction of sp³-hybridized carbons (Fsp3) is 0. The maximum atomic E-state index is 11.1. The highest BCUT2D eigenvalue weighted by molar-refractivity contribution is 7.99. The summed E-state index contributed by atoms with van der Waals surface area (Å²) < 4.78 is 4.95. The maximum Gasteiger partial charge on any atom is 0.417 e. The molecule has 2 aromatic carbocycles. The maximum absolute atomic E-state index is 11.1. The van der Waals surface area contributed by atoms with Gasteiger partial charge < -0.3 is 10.2 Å². The number of anilines is 1. The molecule has 0 saturated carbocycles. The molecule has 0 bridgehead atoms. The van der Waals surface area contributed by atoms with Gasteiger partial charge in [0.1, 0.15) is 0 Å². The molecule has 1 aromatic heterocycles. The zero-order valence-electron chi connectivity index (χ0n) is 9.64. The van der Waals surface area contributed by atoms with Crippen molar-refractivity contribution in [1.29, 1.82) is 0 Å². The Labute approximate surface area is 117 Å². The monoisotopic (exact) mass is 292 g/mol. The van der Waals surface area contributed by atoms with E-state index >= 15 is 0 Å². The number of aromatic amines is 1. The van der Waals surface area contributed by atoms with E-state index in [-0.39, 0.29) is 0 Å². The third kappa shape index (κ3) is 2.34. The van der Waals surface area contributed by atoms with Crippen LogP contribution in [0.15, 0.2) is 55.4 Å². The van der Waals surface area contributed by atoms with E-state index in [0.717, 1.165) is 9.79 Å². The molecular formula is C13H9ClN2O2S. The van der Waals surface area contributed by atoms with Crippen molar-refractivity contribution >= 4 is 40.1 Å². The summed E-state index contributed by atoms with van der Waals surface area (Å²) in [7, 11) is 0. The molecule has 19 heavy (non-hydrogen) atoms. The minimum absolute atomic E-state index is 0.450. The summed E-state index contributed by atoms with van der Waals surface area (Å²) in [5.41, 5.74) is 7.57. The van der Waals surface area contributed by atoms with Crippen LogP contribution in [0.4, 0.5) is 5.69 Å². The molecule has 0 radical (unpaired) electrons. The highest BCUT2D eigenvalue weighted by atomic mass is 35.5. The molecule has 6 heteroatoms. The Morgan fingerprint density at radius 2 is 2.00 bits per heavy atom. The second-order valence-corrected chi connectivity index (χ2v) is 5.42. The molecule has 3 aromatic rings. The lowest BCUT2D eigenvalue weighted by molar-refractivity contribution is 0.555. The van der Waals surface area contributed by atoms with E-state index in [2.05, 4.69) is 4.98 Å². The highest BCUT2D eigenvalue weighted by Gasteiger charge is 2.09. The summed E-state index contributed by atoms with van der Waals surface area (Å²) in [6.45, 7) is 0. The zero-order chi connectivity index (χ0) is 13.4. The SMILES string of the molecule is Nc1cc2oc(=O)[nH]c2cc1Sc1ccccc1Cl. The summed E-state index contributed by atoms with van der Waals surface area (Å²) in [6.07, 6.45) is 0. The number of nitrogens with two attached hydrogens (primary N) is 1. The van der Waals surface area contributed by atoms with Crippen molar-refractivity contribution in [2.75, 3.05) is 5.73 Å². The lowest BCUT2D eigenvalue weighted by Gasteiger charge is -2.06. The lowest BCUT2D eigenvalue weighted by Crippen LogP contribution is -1.93. The van der Waals surface area contributed by atoms with E-state index in [9.17, 15) is 4.79 Å². The second-order valence-electron chi connectivity index (χ2n) is 3.93. The zero-order valence-corrected chi connectivity index (χ0v) is 11.2. The molecule has 3 rings (SSSR count). The first-order valence-electron chi connectivity index (χ1n) is 5.48. The Hall–Kier alpha value is -1.85. The van der Waals surface area contributed by atoms with Crippen molar-refractivity contribution in [2.24, 2.45) is 0 Å². The average molecular weight is 293 g/mol. The Morgan fingerprint density at radius 3 is 2.79 bits per heavy atom. The molecule has 4 nitrogen and oxygen atoms in total. The van der Waals surface area contributed by atoms with Crippen LogP contribution < -0.4 is 11.5 Å². The van der Waals surface area contributed by atoms with E-state index in [1.807, 2.05) is 24.3 Å². The summed E-state index contributed by atoms with van der Waals surface area (Å²) in [5.74, 6) is -0.491. The molecule has 0 unspecified atom stereocenters. The highest BCUT2D eigenvalue weighted by Crippen LogP contribution is 2.37. The van der Waals surface area contributed by atoms with Crippen LogP contribution in [0.3, 0.4) is 0 Å². The number of hydrogen-bond acceptors (Lipinski definition) is 4. The van der Waals surface area contributed by atoms with Gasteiger partial charge in [-0.25, -0.2) is 4.79 Å². The Bertz CT molecular complexity index is 810. The minimum Gasteiger partial charge on any atom is -0.408 e. The topological polar surface area (TPSA) is 72.0 Å². The van der Waals surface area contributed by atoms with Crippen LogP contribution in [0.25, 0.3) is 11.1 Å². The van der Waals surface area contributed by atoms with Crippen LogP contribution in [0.5, 0.6) is 0 Å². The van der Waals surface area contributed by atoms with Gasteiger partial charge in [-0.1, -0.05) is 35.5 Å². The number of rotatable bonds is 2. The molecule has 0 atom stereocenters. The van der Waals surface area contributed by atoms with Crippen LogP contribution in [0.1, 0.15) is 0 Å². The number of fused-ring (bicyclic) bond motifs is 1. The van der Waals surface area contributed by atoms with Gasteiger partial charge in [0.2, 0.25) is 0 Å². The van der Waals surface area contributed by atoms with Gasteiger partial charge in [0.05, 0.1) is 10.5 Å². The summed E-state index contributed by atoms with van der Waals surface area (Å²) >= 11 is 7.56. The average Bonchev–Trinajstić information content (AvgIpc) is 2.71. The van der Waals surface area contributed by atoms with Crippen molar-refractivity contribution in [2.45, 2.75) is 9.79 Å². The predicted molar refractivity (Wildman–Crippen MR) is 76.8 cm³/mol. The van der Waals surface area contributed by atoms with Crippen molar-refractivity contribution in [3.8, 4) is 0 Å². The van der Waals surface area contributed by atoms with Gasteiger partial charge in [-0.2, -0.15) is 0 Å². The third-order valence-corrected chi connectivity index (χ3v) is 4.20. The van der Waals surface area contributed by atoms with Crippen molar-refractivity contribution < 1.29 is 4.42 Å². The van der Waals surface area contributed by atoms with Crippen LogP contribution in [0, 0.1) is 0 Å². The van der Waals surface area contributed by atoms with E-state index in [4.69, 9.17) is 21.8 Å². The number of benzene rings is 2. The summed E-state index contributed by atoms with van der Waals surface area (Å²) in [5, 5.41) is 0.660. The molecule has 3 N–H and O–H groups in total. The summed E-state index contributed by atoms with van der Waals surface area (Å²) in [4.78, 5) is 15.5. The first-order valence-corrected chi connectivity index (χ1v) is 6.67. The molecular weight excluding hydrogens is 284 g/mol. The Morgan fingerprint density at radius 1 is 1.21 bits per heavy atom. The number of aromatic nitrogens is 1. The molecule has 96 valence electrons. The van der Waals surface area contributed by atoms with Crippen LogP contribution in [-0.4, -0.2) is 4.98 Å². The normalized spacial score (nSPS) is 11.0. The fourth-order valence-electron chi connectivity index (χ4n) is 1.73. The van der Waals surface area contributed by atoms with Crippen LogP contribution in [0.2, 0.25) is 5.02 Å². The molecule has 0 spiro atoms. The molecule has 0 saturated heterocycles. The Balaban J connectivity index is 2.07. The second kappa shape index (κ2) is 4.68.